The van der Waals surface area contributed by atoms with E-state index in [0.29, 0.717) is 12.1 Å². The largest absolute Gasteiger partial charge is 0.461 e. The monoisotopic (exact) mass is 390 g/mol. The number of nitrogens with zero attached hydrogens (tertiary/aromatic N) is 1. The molecule has 2 saturated heterocycles. The lowest BCUT2D eigenvalue weighted by Gasteiger charge is -2.46. The number of rotatable bonds is 2. The van der Waals surface area contributed by atoms with Crippen molar-refractivity contribution in [1.29, 1.82) is 0 Å². The molecule has 2 bridgehead atoms. The van der Waals surface area contributed by atoms with Gasteiger partial charge in [0.1, 0.15) is 23.0 Å². The number of hydrogen-bond acceptors (Lipinski definition) is 3. The Morgan fingerprint density at radius 2 is 1.45 bits per heavy atom. The Morgan fingerprint density at radius 1 is 0.931 bits per heavy atom. The van der Waals surface area contributed by atoms with Crippen LogP contribution in [0.15, 0.2) is 48.5 Å². The van der Waals surface area contributed by atoms with Crippen LogP contribution in [0.2, 0.25) is 0 Å². The van der Waals surface area contributed by atoms with Crippen LogP contribution in [0.1, 0.15) is 37.3 Å². The van der Waals surface area contributed by atoms with Crippen LogP contribution in [0.4, 0.5) is 0 Å². The van der Waals surface area contributed by atoms with Gasteiger partial charge in [0.15, 0.2) is 0 Å². The quantitative estimate of drug-likeness (QED) is 0.568. The average Bonchev–Trinajstić information content (AvgIpc) is 3.46. The Balaban J connectivity index is 1.34. The molecule has 3 aliphatic heterocycles. The van der Waals surface area contributed by atoms with Crippen LogP contribution < -0.4 is 4.74 Å². The number of piperidine rings is 2. The van der Waals surface area contributed by atoms with Crippen molar-refractivity contribution in [2.45, 2.75) is 49.8 Å². The summed E-state index contributed by atoms with van der Waals surface area (Å²) in [4.78, 5) is 13.7. The summed E-state index contributed by atoms with van der Waals surface area (Å²) in [5.41, 5.74) is 0.928. The molecule has 5 atom stereocenters. The fourth-order valence-corrected chi connectivity index (χ4v) is 6.67. The third-order valence-electron chi connectivity index (χ3n) is 8.35. The van der Waals surface area contributed by atoms with Gasteiger partial charge in [0.2, 0.25) is 0 Å². The van der Waals surface area contributed by atoms with Crippen molar-refractivity contribution in [2.75, 3.05) is 14.1 Å². The number of benzene rings is 2. The normalized spacial score (nSPS) is 34.2. The van der Waals surface area contributed by atoms with E-state index in [2.05, 4.69) is 14.1 Å². The molecular weight excluding hydrogens is 362 g/mol. The predicted molar refractivity (Wildman–Crippen MR) is 110 cm³/mol. The molecule has 2 aromatic rings. The molecule has 3 fully saturated rings. The molecule has 1 saturated carbocycles. The predicted octanol–water partition coefficient (Wildman–Crippen LogP) is 4.27. The Labute approximate surface area is 172 Å². The van der Waals surface area contributed by atoms with E-state index >= 15 is 0 Å². The average molecular weight is 391 g/mol. The highest BCUT2D eigenvalue weighted by Crippen LogP contribution is 2.61. The summed E-state index contributed by atoms with van der Waals surface area (Å²) >= 11 is 0. The molecule has 29 heavy (non-hydrogen) atoms. The molecule has 4 heteroatoms. The molecular formula is C25H28NO3+. The third-order valence-corrected chi connectivity index (χ3v) is 8.35. The van der Waals surface area contributed by atoms with E-state index in [1.807, 2.05) is 55.5 Å². The van der Waals surface area contributed by atoms with Gasteiger partial charge in [-0.1, -0.05) is 36.4 Å². The van der Waals surface area contributed by atoms with Crippen molar-refractivity contribution in [3.63, 3.8) is 0 Å². The van der Waals surface area contributed by atoms with Crippen molar-refractivity contribution in [3.05, 3.63) is 59.7 Å². The van der Waals surface area contributed by atoms with Gasteiger partial charge >= 0.3 is 5.97 Å². The molecule has 2 aromatic carbocycles. The van der Waals surface area contributed by atoms with Crippen LogP contribution in [-0.4, -0.2) is 42.7 Å². The molecule has 4 aliphatic rings. The number of carbonyl (C=O) groups excluding carboxylic acids is 1. The SMILES string of the molecule is CC1(C(=O)OC2CC3C4C[C@@H]4[C@H](C2)[N+]3(C)C)c2ccccc2Oc2ccccc21. The second-order valence-electron chi connectivity index (χ2n) is 10.0. The topological polar surface area (TPSA) is 35.5 Å². The van der Waals surface area contributed by atoms with Crippen molar-refractivity contribution >= 4 is 5.97 Å². The number of fused-ring (bicyclic) bond motifs is 7. The zero-order valence-corrected chi connectivity index (χ0v) is 17.3. The van der Waals surface area contributed by atoms with Gasteiger partial charge in [0.05, 0.1) is 26.2 Å². The first-order valence-electron chi connectivity index (χ1n) is 10.8. The highest BCUT2D eigenvalue weighted by molar-refractivity contribution is 5.90. The van der Waals surface area contributed by atoms with Crippen molar-refractivity contribution in [1.82, 2.24) is 0 Å². The third kappa shape index (κ3) is 2.27. The summed E-state index contributed by atoms with van der Waals surface area (Å²) in [6, 6.07) is 17.0. The maximum absolute atomic E-state index is 13.7. The number of hydrogen-bond donors (Lipinski definition) is 0. The molecule has 3 unspecified atom stereocenters. The maximum atomic E-state index is 13.7. The fourth-order valence-electron chi connectivity index (χ4n) is 6.67. The maximum Gasteiger partial charge on any atom is 0.321 e. The van der Waals surface area contributed by atoms with Gasteiger partial charge in [-0.25, -0.2) is 0 Å². The van der Waals surface area contributed by atoms with Gasteiger partial charge in [0, 0.05) is 35.8 Å². The molecule has 0 aromatic heterocycles. The van der Waals surface area contributed by atoms with Crippen LogP contribution in [-0.2, 0) is 14.9 Å². The Morgan fingerprint density at radius 3 is 2.00 bits per heavy atom. The number of para-hydroxylation sites is 2. The Bertz CT molecular complexity index is 947. The second kappa shape index (κ2) is 5.63. The summed E-state index contributed by atoms with van der Waals surface area (Å²) in [6.45, 7) is 1.99. The van der Waals surface area contributed by atoms with Gasteiger partial charge in [-0.3, -0.25) is 4.79 Å². The van der Waals surface area contributed by atoms with E-state index in [4.69, 9.17) is 9.47 Å². The summed E-state index contributed by atoms with van der Waals surface area (Å²) in [5.74, 6) is 3.03. The lowest BCUT2D eigenvalue weighted by molar-refractivity contribution is -0.937. The molecule has 4 nitrogen and oxygen atoms in total. The standard InChI is InChI=1S/C25H28NO3/c1-25(18-8-4-6-10-22(18)29-23-11-7-5-9-19(23)25)24(27)28-15-12-20-16-14-17(16)21(13-15)26(20,2)3/h4-11,15-17,20-21H,12-14H2,1-3H3/q+1/t15?,16-,17?,20-,21?/m0/s1. The Hall–Kier alpha value is -2.33. The fraction of sp³-hybridized carbons (Fsp3) is 0.480. The summed E-state index contributed by atoms with van der Waals surface area (Å²) in [6.07, 6.45) is 3.39. The number of esters is 1. The highest BCUT2D eigenvalue weighted by atomic mass is 16.5. The minimum Gasteiger partial charge on any atom is -0.461 e. The summed E-state index contributed by atoms with van der Waals surface area (Å²) in [7, 11) is 4.73. The van der Waals surface area contributed by atoms with Crippen LogP contribution >= 0.6 is 0 Å². The number of ether oxygens (including phenoxy) is 2. The first-order valence-corrected chi connectivity index (χ1v) is 10.8. The minimum atomic E-state index is -0.852. The first kappa shape index (κ1) is 17.5. The smallest absolute Gasteiger partial charge is 0.321 e. The van der Waals surface area contributed by atoms with E-state index in [9.17, 15) is 4.79 Å². The van der Waals surface area contributed by atoms with Crippen molar-refractivity contribution in [2.24, 2.45) is 11.8 Å². The van der Waals surface area contributed by atoms with Crippen LogP contribution in [0, 0.1) is 11.8 Å². The van der Waals surface area contributed by atoms with E-state index in [0.717, 1.165) is 51.8 Å². The molecule has 6 rings (SSSR count). The van der Waals surface area contributed by atoms with Gasteiger partial charge in [0.25, 0.3) is 0 Å². The molecule has 150 valence electrons. The van der Waals surface area contributed by atoms with Gasteiger partial charge < -0.3 is 14.0 Å². The summed E-state index contributed by atoms with van der Waals surface area (Å²) < 4.78 is 13.5. The molecule has 0 amide bonds. The van der Waals surface area contributed by atoms with Crippen LogP contribution in [0.5, 0.6) is 11.5 Å². The van der Waals surface area contributed by atoms with Crippen molar-refractivity contribution < 1.29 is 18.8 Å². The lowest BCUT2D eigenvalue weighted by Crippen LogP contribution is -2.59. The van der Waals surface area contributed by atoms with Gasteiger partial charge in [-0.05, 0) is 25.5 Å². The van der Waals surface area contributed by atoms with Crippen LogP contribution in [0.25, 0.3) is 0 Å². The van der Waals surface area contributed by atoms with Gasteiger partial charge in [-0.2, -0.15) is 0 Å². The second-order valence-corrected chi connectivity index (χ2v) is 10.0. The highest BCUT2D eigenvalue weighted by Gasteiger charge is 2.68. The van der Waals surface area contributed by atoms with Crippen LogP contribution in [0.3, 0.4) is 0 Å². The molecule has 0 radical (unpaired) electrons. The lowest BCUT2D eigenvalue weighted by atomic mass is 9.74. The van der Waals surface area contributed by atoms with E-state index in [1.165, 1.54) is 6.42 Å². The molecule has 0 spiro atoms. The van der Waals surface area contributed by atoms with E-state index in [1.54, 1.807) is 0 Å². The number of quaternary nitrogens is 1. The number of carbonyl (C=O) groups is 1. The zero-order chi connectivity index (χ0) is 20.0. The zero-order valence-electron chi connectivity index (χ0n) is 17.3. The minimum absolute atomic E-state index is 0.0236. The first-order chi connectivity index (χ1) is 13.9. The summed E-state index contributed by atoms with van der Waals surface area (Å²) in [5, 5.41) is 0. The van der Waals surface area contributed by atoms with E-state index in [-0.39, 0.29) is 12.1 Å². The molecule has 3 heterocycles. The Kier molecular flexibility index (Phi) is 3.40. The van der Waals surface area contributed by atoms with Crippen molar-refractivity contribution in [3.8, 4) is 11.5 Å². The van der Waals surface area contributed by atoms with Gasteiger partial charge in [-0.15, -0.1) is 0 Å². The molecule has 1 aliphatic carbocycles. The molecule has 0 N–H and O–H groups in total. The van der Waals surface area contributed by atoms with E-state index < -0.39 is 5.41 Å².